The standard InChI is InChI=1S/C48H63N3O19Si/c1-25(46(60)61-20-21-71(8,9)10)49-43(57)26(2)65-41-37(50-27(3)52)47(64-22-32-16-12-11-13-17-32)68-35(23-62-28(4)53)39(41)70-48-38(51-44(58)33-18-14-15-19-34(33)45(51)59)42(67-31(7)56)40(66-30(6)55)36(69-48)24-63-29(5)54/h11-19,25-26,35-42,47-48H,20-24H2,1-10H3,(H,49,57)(H,50,52)/t25-,26+,35+,36+,37+,38+,39+,40+,41+,42+,47-,48-/m0/s1. The van der Waals surface area contributed by atoms with E-state index in [0.717, 1.165) is 32.6 Å². The van der Waals surface area contributed by atoms with Gasteiger partial charge in [-0.25, -0.2) is 4.79 Å². The lowest BCUT2D eigenvalue weighted by atomic mass is 9.93. The molecule has 4 amide bonds. The lowest BCUT2D eigenvalue weighted by molar-refractivity contribution is -0.343. The van der Waals surface area contributed by atoms with Gasteiger partial charge in [-0.2, -0.15) is 0 Å². The van der Waals surface area contributed by atoms with E-state index in [0.29, 0.717) is 11.6 Å². The number of benzene rings is 2. The Hall–Kier alpha value is -6.11. The Labute approximate surface area is 411 Å². The van der Waals surface area contributed by atoms with Crippen molar-refractivity contribution in [3.63, 3.8) is 0 Å². The molecule has 0 saturated carbocycles. The van der Waals surface area contributed by atoms with Crippen LogP contribution in [-0.4, -0.2) is 160 Å². The van der Waals surface area contributed by atoms with Gasteiger partial charge in [0.05, 0.1) is 24.3 Å². The van der Waals surface area contributed by atoms with E-state index in [1.54, 1.807) is 30.3 Å². The largest absolute Gasteiger partial charge is 0.464 e. The summed E-state index contributed by atoms with van der Waals surface area (Å²) in [5.74, 6) is -7.38. The van der Waals surface area contributed by atoms with Gasteiger partial charge in [0.2, 0.25) is 11.8 Å². The van der Waals surface area contributed by atoms with Gasteiger partial charge in [0, 0.05) is 42.7 Å². The minimum absolute atomic E-state index is 0.0445. The summed E-state index contributed by atoms with van der Waals surface area (Å²) in [5, 5.41) is 5.35. The molecule has 388 valence electrons. The fraction of sp³-hybridized carbons (Fsp3) is 0.562. The van der Waals surface area contributed by atoms with Crippen LogP contribution in [0.4, 0.5) is 0 Å². The van der Waals surface area contributed by atoms with E-state index in [2.05, 4.69) is 30.3 Å². The molecule has 3 aliphatic heterocycles. The Morgan fingerprint density at radius 3 is 1.75 bits per heavy atom. The number of amides is 4. The van der Waals surface area contributed by atoms with E-state index in [4.69, 9.17) is 47.4 Å². The zero-order chi connectivity index (χ0) is 52.3. The van der Waals surface area contributed by atoms with Crippen molar-refractivity contribution in [2.45, 2.75) is 154 Å². The second kappa shape index (κ2) is 24.8. The lowest BCUT2D eigenvalue weighted by Gasteiger charge is -2.51. The van der Waals surface area contributed by atoms with E-state index in [1.165, 1.54) is 45.0 Å². The van der Waals surface area contributed by atoms with Crippen molar-refractivity contribution in [3.05, 3.63) is 71.3 Å². The van der Waals surface area contributed by atoms with Gasteiger partial charge in [-0.3, -0.25) is 43.3 Å². The normalized spacial score (nSPS) is 26.0. The fourth-order valence-electron chi connectivity index (χ4n) is 8.02. The first-order chi connectivity index (χ1) is 33.4. The zero-order valence-corrected chi connectivity index (χ0v) is 42.4. The van der Waals surface area contributed by atoms with Crippen LogP contribution in [0, 0.1) is 0 Å². The van der Waals surface area contributed by atoms with Gasteiger partial charge in [-0.1, -0.05) is 62.1 Å². The Kier molecular flexibility index (Phi) is 19.5. The molecule has 23 heteroatoms. The van der Waals surface area contributed by atoms with Gasteiger partial charge in [0.25, 0.3) is 11.8 Å². The van der Waals surface area contributed by atoms with Crippen LogP contribution in [0.5, 0.6) is 0 Å². The summed E-state index contributed by atoms with van der Waals surface area (Å²) in [4.78, 5) is 120. The van der Waals surface area contributed by atoms with Crippen LogP contribution in [0.3, 0.4) is 0 Å². The second-order valence-corrected chi connectivity index (χ2v) is 24.1. The summed E-state index contributed by atoms with van der Waals surface area (Å²) in [6.07, 6.45) is -14.6. The molecule has 0 spiro atoms. The van der Waals surface area contributed by atoms with Crippen molar-refractivity contribution < 1.29 is 90.5 Å². The highest BCUT2D eigenvalue weighted by Gasteiger charge is 2.60. The number of hydrogen-bond acceptors (Lipinski definition) is 19. The molecule has 3 aliphatic rings. The molecule has 0 bridgehead atoms. The maximum atomic E-state index is 14.4. The molecule has 0 aliphatic carbocycles. The molecular weight excluding hydrogens is 951 g/mol. The van der Waals surface area contributed by atoms with Crippen LogP contribution in [0.1, 0.15) is 74.7 Å². The van der Waals surface area contributed by atoms with Crippen molar-refractivity contribution in [3.8, 4) is 0 Å². The molecule has 2 aromatic rings. The average molecular weight is 1010 g/mol. The van der Waals surface area contributed by atoms with Crippen molar-refractivity contribution in [1.29, 1.82) is 0 Å². The molecule has 2 N–H and O–H groups in total. The Bertz CT molecular complexity index is 2240. The molecule has 12 atom stereocenters. The average Bonchev–Trinajstić information content (AvgIpc) is 3.53. The summed E-state index contributed by atoms with van der Waals surface area (Å²) in [5.41, 5.74) is 0.592. The van der Waals surface area contributed by atoms with Gasteiger partial charge < -0.3 is 58.0 Å². The highest BCUT2D eigenvalue weighted by Crippen LogP contribution is 2.38. The quantitative estimate of drug-likeness (QED) is 0.0786. The monoisotopic (exact) mass is 1010 g/mol. The summed E-state index contributed by atoms with van der Waals surface area (Å²) in [6.45, 7) is 13.4. The first-order valence-electron chi connectivity index (χ1n) is 23.0. The van der Waals surface area contributed by atoms with E-state index in [9.17, 15) is 43.2 Å². The number of imide groups is 1. The van der Waals surface area contributed by atoms with Crippen molar-refractivity contribution in [2.24, 2.45) is 0 Å². The lowest BCUT2D eigenvalue weighted by Crippen LogP contribution is -2.71. The van der Waals surface area contributed by atoms with Gasteiger partial charge in [-0.05, 0) is 37.6 Å². The van der Waals surface area contributed by atoms with Crippen LogP contribution in [0.25, 0.3) is 0 Å². The minimum Gasteiger partial charge on any atom is -0.464 e. The van der Waals surface area contributed by atoms with Gasteiger partial charge in [0.15, 0.2) is 24.8 Å². The third-order valence-electron chi connectivity index (χ3n) is 11.3. The highest BCUT2D eigenvalue weighted by atomic mass is 28.3. The van der Waals surface area contributed by atoms with Gasteiger partial charge in [-0.15, -0.1) is 0 Å². The summed E-state index contributed by atoms with van der Waals surface area (Å²) < 4.78 is 60.3. The molecule has 0 radical (unpaired) electrons. The Morgan fingerprint density at radius 2 is 1.21 bits per heavy atom. The summed E-state index contributed by atoms with van der Waals surface area (Å²) in [6, 6.07) is 11.0. The smallest absolute Gasteiger partial charge is 0.328 e. The predicted octanol–water partition coefficient (Wildman–Crippen LogP) is 2.36. The molecule has 2 fully saturated rings. The number of carbonyl (C=O) groups excluding carboxylic acids is 9. The predicted molar refractivity (Wildman–Crippen MR) is 247 cm³/mol. The molecule has 5 rings (SSSR count). The molecule has 22 nitrogen and oxygen atoms in total. The van der Waals surface area contributed by atoms with Crippen LogP contribution in [0.2, 0.25) is 25.7 Å². The van der Waals surface area contributed by atoms with Crippen LogP contribution >= 0.6 is 0 Å². The van der Waals surface area contributed by atoms with Gasteiger partial charge in [0.1, 0.15) is 61.9 Å². The maximum absolute atomic E-state index is 14.4. The van der Waals surface area contributed by atoms with E-state index in [-0.39, 0.29) is 24.3 Å². The summed E-state index contributed by atoms with van der Waals surface area (Å²) >= 11 is 0. The molecule has 0 aromatic heterocycles. The number of fused-ring (bicyclic) bond motifs is 1. The van der Waals surface area contributed by atoms with Gasteiger partial charge >= 0.3 is 29.8 Å². The third-order valence-corrected chi connectivity index (χ3v) is 13.1. The number of nitrogens with one attached hydrogen (secondary N) is 2. The second-order valence-electron chi connectivity index (χ2n) is 18.4. The minimum atomic E-state index is -1.97. The number of esters is 5. The fourth-order valence-corrected chi connectivity index (χ4v) is 8.73. The van der Waals surface area contributed by atoms with E-state index < -0.39 is 148 Å². The molecule has 3 heterocycles. The third kappa shape index (κ3) is 15.2. The van der Waals surface area contributed by atoms with E-state index in [1.807, 2.05) is 0 Å². The topological polar surface area (TPSA) is 273 Å². The Morgan fingerprint density at radius 1 is 0.676 bits per heavy atom. The number of nitrogens with zero attached hydrogens (tertiary/aromatic N) is 1. The molecule has 2 saturated heterocycles. The number of carbonyl (C=O) groups is 9. The summed E-state index contributed by atoms with van der Waals surface area (Å²) in [7, 11) is -1.57. The zero-order valence-electron chi connectivity index (χ0n) is 41.4. The first kappa shape index (κ1) is 55.8. The van der Waals surface area contributed by atoms with Crippen LogP contribution in [0.15, 0.2) is 54.6 Å². The van der Waals surface area contributed by atoms with Crippen LogP contribution in [-0.2, 0) is 87.5 Å². The number of rotatable bonds is 21. The molecular formula is C48H63N3O19Si. The first-order valence-corrected chi connectivity index (χ1v) is 26.8. The molecule has 0 unspecified atom stereocenters. The molecule has 71 heavy (non-hydrogen) atoms. The number of hydrogen-bond donors (Lipinski definition) is 2. The van der Waals surface area contributed by atoms with Crippen molar-refractivity contribution in [2.75, 3.05) is 19.8 Å². The van der Waals surface area contributed by atoms with Crippen molar-refractivity contribution in [1.82, 2.24) is 15.5 Å². The SMILES string of the molecule is CC(=O)N[C@H]1[C@@H](OCc2ccccc2)O[C@H](COC(C)=O)[C@@H](O[C@@H]2O[C@H](COC(C)=O)[C@@H](OC(C)=O)[C@H](OC(C)=O)[C@H]2N2C(=O)c3ccccc3C2=O)[C@@H]1O[C@H](C)C(=O)N[C@@H](C)C(=O)OCC[Si](C)(C)C. The van der Waals surface area contributed by atoms with Crippen molar-refractivity contribution >= 4 is 61.5 Å². The van der Waals surface area contributed by atoms with Crippen LogP contribution < -0.4 is 10.6 Å². The maximum Gasteiger partial charge on any atom is 0.328 e. The number of ether oxygens (including phenoxy) is 10. The van der Waals surface area contributed by atoms with E-state index >= 15 is 0 Å². The molecule has 2 aromatic carbocycles. The highest BCUT2D eigenvalue weighted by molar-refractivity contribution is 6.76. The Balaban J connectivity index is 1.65.